The normalized spacial score (nSPS) is 9.86. The Labute approximate surface area is 81.8 Å². The maximum Gasteiger partial charge on any atom is 0.342 e. The van der Waals surface area contributed by atoms with Gasteiger partial charge in [-0.25, -0.2) is 4.79 Å². The van der Waals surface area contributed by atoms with Gasteiger partial charge in [0.1, 0.15) is 17.1 Å². The number of phenols is 2. The highest BCUT2D eigenvalue weighted by Crippen LogP contribution is 2.27. The van der Waals surface area contributed by atoms with Gasteiger partial charge in [0.2, 0.25) is 0 Å². The highest BCUT2D eigenvalue weighted by Gasteiger charge is 2.15. The Morgan fingerprint density at radius 3 is 2.64 bits per heavy atom. The molecule has 4 heteroatoms. The molecule has 0 aliphatic rings. The smallest absolute Gasteiger partial charge is 0.342 e. The van der Waals surface area contributed by atoms with E-state index in [0.29, 0.717) is 5.56 Å². The summed E-state index contributed by atoms with van der Waals surface area (Å²) in [6, 6.07) is 2.55. The van der Waals surface area contributed by atoms with Crippen LogP contribution in [-0.4, -0.2) is 22.8 Å². The zero-order valence-electron chi connectivity index (χ0n) is 8.07. The number of aryl methyl sites for hydroxylation is 1. The zero-order chi connectivity index (χ0) is 10.7. The summed E-state index contributed by atoms with van der Waals surface area (Å²) in [6.07, 6.45) is 0. The van der Waals surface area contributed by atoms with Crippen LogP contribution in [0.25, 0.3) is 0 Å². The van der Waals surface area contributed by atoms with Gasteiger partial charge in [-0.3, -0.25) is 0 Å². The first-order valence-electron chi connectivity index (χ1n) is 4.26. The van der Waals surface area contributed by atoms with E-state index in [1.54, 1.807) is 13.8 Å². The molecule has 14 heavy (non-hydrogen) atoms. The highest BCUT2D eigenvalue weighted by atomic mass is 16.5. The molecule has 1 rings (SSSR count). The van der Waals surface area contributed by atoms with E-state index < -0.39 is 5.97 Å². The highest BCUT2D eigenvalue weighted by molar-refractivity contribution is 5.93. The van der Waals surface area contributed by atoms with Crippen molar-refractivity contribution in [1.82, 2.24) is 0 Å². The number of rotatable bonds is 2. The van der Waals surface area contributed by atoms with Gasteiger partial charge in [0.05, 0.1) is 6.61 Å². The van der Waals surface area contributed by atoms with Gasteiger partial charge in [0.15, 0.2) is 0 Å². The summed E-state index contributed by atoms with van der Waals surface area (Å²) in [6.45, 7) is 3.50. The average molecular weight is 196 g/mol. The fourth-order valence-electron chi connectivity index (χ4n) is 1.12. The fourth-order valence-corrected chi connectivity index (χ4v) is 1.12. The number of hydrogen-bond acceptors (Lipinski definition) is 4. The van der Waals surface area contributed by atoms with Crippen LogP contribution in [0.4, 0.5) is 0 Å². The van der Waals surface area contributed by atoms with Gasteiger partial charge in [-0.2, -0.15) is 0 Å². The fraction of sp³-hybridized carbons (Fsp3) is 0.300. The minimum Gasteiger partial charge on any atom is -0.508 e. The van der Waals surface area contributed by atoms with Crippen LogP contribution in [0.15, 0.2) is 12.1 Å². The van der Waals surface area contributed by atoms with Crippen LogP contribution < -0.4 is 0 Å². The van der Waals surface area contributed by atoms with Crippen LogP contribution in [0.2, 0.25) is 0 Å². The Morgan fingerprint density at radius 1 is 1.43 bits per heavy atom. The van der Waals surface area contributed by atoms with Crippen LogP contribution in [0.5, 0.6) is 11.5 Å². The second-order valence-corrected chi connectivity index (χ2v) is 2.88. The van der Waals surface area contributed by atoms with Crippen molar-refractivity contribution in [3.05, 3.63) is 23.3 Å². The maximum absolute atomic E-state index is 11.3. The van der Waals surface area contributed by atoms with Crippen LogP contribution in [0.1, 0.15) is 22.8 Å². The number of benzene rings is 1. The summed E-state index contributed by atoms with van der Waals surface area (Å²) in [4.78, 5) is 11.3. The van der Waals surface area contributed by atoms with Crippen molar-refractivity contribution < 1.29 is 19.7 Å². The third-order valence-corrected chi connectivity index (χ3v) is 1.78. The van der Waals surface area contributed by atoms with Crippen molar-refractivity contribution >= 4 is 5.97 Å². The van der Waals surface area contributed by atoms with Crippen LogP contribution in [0, 0.1) is 6.92 Å². The number of hydrogen-bond donors (Lipinski definition) is 2. The van der Waals surface area contributed by atoms with E-state index >= 15 is 0 Å². The van der Waals surface area contributed by atoms with Crippen molar-refractivity contribution in [1.29, 1.82) is 0 Å². The van der Waals surface area contributed by atoms with Gasteiger partial charge in [0.25, 0.3) is 0 Å². The molecule has 0 unspecified atom stereocenters. The molecule has 4 nitrogen and oxygen atoms in total. The summed E-state index contributed by atoms with van der Waals surface area (Å²) in [5.74, 6) is -0.853. The number of aromatic hydroxyl groups is 2. The Hall–Kier alpha value is -1.71. The summed E-state index contributed by atoms with van der Waals surface area (Å²) >= 11 is 0. The second kappa shape index (κ2) is 4.00. The minimum absolute atomic E-state index is 0.00986. The van der Waals surface area contributed by atoms with Crippen molar-refractivity contribution in [3.8, 4) is 11.5 Å². The lowest BCUT2D eigenvalue weighted by molar-refractivity contribution is 0.0522. The van der Waals surface area contributed by atoms with Crippen LogP contribution >= 0.6 is 0 Å². The van der Waals surface area contributed by atoms with E-state index in [-0.39, 0.29) is 23.7 Å². The first kappa shape index (κ1) is 10.4. The first-order valence-corrected chi connectivity index (χ1v) is 4.26. The lowest BCUT2D eigenvalue weighted by Gasteiger charge is -2.07. The molecule has 1 aromatic rings. The van der Waals surface area contributed by atoms with Gasteiger partial charge < -0.3 is 14.9 Å². The Kier molecular flexibility index (Phi) is 2.96. The summed E-state index contributed by atoms with van der Waals surface area (Å²) in [5.41, 5.74) is 0.428. The molecule has 0 heterocycles. The zero-order valence-corrected chi connectivity index (χ0v) is 8.07. The first-order chi connectivity index (χ1) is 6.56. The topological polar surface area (TPSA) is 66.8 Å². The monoisotopic (exact) mass is 196 g/mol. The standard InChI is InChI=1S/C10H12O4/c1-3-14-10(13)8-5-7(11)4-6(2)9(8)12/h4-5,11-12H,3H2,1-2H3. The van der Waals surface area contributed by atoms with E-state index in [1.165, 1.54) is 12.1 Å². The third kappa shape index (κ3) is 1.96. The molecular formula is C10H12O4. The molecular weight excluding hydrogens is 184 g/mol. The quantitative estimate of drug-likeness (QED) is 0.556. The molecule has 0 aromatic heterocycles. The second-order valence-electron chi connectivity index (χ2n) is 2.88. The van der Waals surface area contributed by atoms with E-state index in [0.717, 1.165) is 0 Å². The molecule has 0 spiro atoms. The predicted molar refractivity (Wildman–Crippen MR) is 50.5 cm³/mol. The molecule has 0 fully saturated rings. The molecule has 0 atom stereocenters. The van der Waals surface area contributed by atoms with Crippen molar-refractivity contribution in [2.45, 2.75) is 13.8 Å². The Morgan fingerprint density at radius 2 is 2.07 bits per heavy atom. The van der Waals surface area contributed by atoms with E-state index in [1.807, 2.05) is 0 Å². The lowest BCUT2D eigenvalue weighted by Crippen LogP contribution is -2.05. The molecule has 0 saturated heterocycles. The van der Waals surface area contributed by atoms with Crippen LogP contribution in [-0.2, 0) is 4.74 Å². The minimum atomic E-state index is -0.635. The predicted octanol–water partition coefficient (Wildman–Crippen LogP) is 1.58. The molecule has 1 aromatic carbocycles. The molecule has 76 valence electrons. The SMILES string of the molecule is CCOC(=O)c1cc(O)cc(C)c1O. The molecule has 0 amide bonds. The number of esters is 1. The van der Waals surface area contributed by atoms with Gasteiger partial charge >= 0.3 is 5.97 Å². The number of phenolic OH excluding ortho intramolecular Hbond substituents is 2. The van der Waals surface area contributed by atoms with Crippen LogP contribution in [0.3, 0.4) is 0 Å². The van der Waals surface area contributed by atoms with Gasteiger partial charge in [0, 0.05) is 0 Å². The van der Waals surface area contributed by atoms with E-state index in [4.69, 9.17) is 4.74 Å². The summed E-state index contributed by atoms with van der Waals surface area (Å²) in [5, 5.41) is 18.7. The largest absolute Gasteiger partial charge is 0.508 e. The molecule has 0 bridgehead atoms. The molecule has 0 aliphatic carbocycles. The summed E-state index contributed by atoms with van der Waals surface area (Å²) in [7, 11) is 0. The molecule has 2 N–H and O–H groups in total. The van der Waals surface area contributed by atoms with Gasteiger partial charge in [-0.05, 0) is 31.5 Å². The van der Waals surface area contributed by atoms with Crippen molar-refractivity contribution in [3.63, 3.8) is 0 Å². The van der Waals surface area contributed by atoms with Crippen molar-refractivity contribution in [2.24, 2.45) is 0 Å². The molecule has 0 radical (unpaired) electrons. The number of carbonyl (C=O) groups excluding carboxylic acids is 1. The average Bonchev–Trinajstić information content (AvgIpc) is 2.11. The Balaban J connectivity index is 3.13. The molecule has 0 saturated carbocycles. The van der Waals surface area contributed by atoms with E-state index in [2.05, 4.69) is 0 Å². The van der Waals surface area contributed by atoms with Gasteiger partial charge in [-0.1, -0.05) is 0 Å². The summed E-state index contributed by atoms with van der Waals surface area (Å²) < 4.78 is 4.71. The number of ether oxygens (including phenoxy) is 1. The van der Waals surface area contributed by atoms with Gasteiger partial charge in [-0.15, -0.1) is 0 Å². The Bertz CT molecular complexity index is 357. The van der Waals surface area contributed by atoms with E-state index in [9.17, 15) is 15.0 Å². The number of carbonyl (C=O) groups is 1. The van der Waals surface area contributed by atoms with Crippen molar-refractivity contribution in [2.75, 3.05) is 6.61 Å². The molecule has 0 aliphatic heterocycles. The maximum atomic E-state index is 11.3. The lowest BCUT2D eigenvalue weighted by atomic mass is 10.1. The third-order valence-electron chi connectivity index (χ3n) is 1.78.